The first kappa shape index (κ1) is 19.1. The van der Waals surface area contributed by atoms with Crippen LogP contribution in [-0.4, -0.2) is 13.8 Å². The van der Waals surface area contributed by atoms with E-state index in [0.29, 0.717) is 17.8 Å². The molecule has 1 nitrogen and oxygen atoms in total. The molecule has 0 bridgehead atoms. The summed E-state index contributed by atoms with van der Waals surface area (Å²) in [5.74, 6) is 1.24. The van der Waals surface area contributed by atoms with Crippen LogP contribution in [0.5, 0.6) is 0 Å². The SMILES string of the molecule is Cc1ccc([Se](=O)c2c(C(C)C)cc(C(C)C)cc2C(C)C)cc1. The van der Waals surface area contributed by atoms with E-state index in [4.69, 9.17) is 0 Å². The van der Waals surface area contributed by atoms with Gasteiger partial charge in [-0.15, -0.1) is 0 Å². The van der Waals surface area contributed by atoms with Crippen molar-refractivity contribution in [3.8, 4) is 0 Å². The van der Waals surface area contributed by atoms with E-state index in [9.17, 15) is 3.83 Å². The molecule has 1 unspecified atom stereocenters. The Morgan fingerprint density at radius 2 is 1.21 bits per heavy atom. The molecule has 2 rings (SSSR count). The minimum atomic E-state index is -2.27. The summed E-state index contributed by atoms with van der Waals surface area (Å²) >= 11 is -2.27. The molecule has 0 N–H and O–H groups in total. The van der Waals surface area contributed by atoms with Gasteiger partial charge in [0.2, 0.25) is 0 Å². The van der Waals surface area contributed by atoms with Crippen LogP contribution in [0.15, 0.2) is 36.4 Å². The normalized spacial score (nSPS) is 13.1. The van der Waals surface area contributed by atoms with Crippen molar-refractivity contribution in [2.24, 2.45) is 0 Å². The van der Waals surface area contributed by atoms with E-state index in [2.05, 4.69) is 72.7 Å². The molecule has 2 aromatic carbocycles. The average molecular weight is 389 g/mol. The van der Waals surface area contributed by atoms with Gasteiger partial charge in [-0.1, -0.05) is 0 Å². The monoisotopic (exact) mass is 390 g/mol. The van der Waals surface area contributed by atoms with Crippen molar-refractivity contribution in [3.05, 3.63) is 58.7 Å². The van der Waals surface area contributed by atoms with Crippen LogP contribution in [0.2, 0.25) is 0 Å². The molecule has 0 aliphatic carbocycles. The van der Waals surface area contributed by atoms with Gasteiger partial charge in [0, 0.05) is 0 Å². The molecular weight excluding hydrogens is 359 g/mol. The zero-order chi connectivity index (χ0) is 18.0. The second kappa shape index (κ2) is 7.76. The molecule has 2 aromatic rings. The van der Waals surface area contributed by atoms with Crippen LogP contribution in [-0.2, 0) is 3.83 Å². The standard InChI is InChI=1S/C22H30OSe/c1-14(2)18-12-20(15(3)4)22(21(13-18)16(5)6)24(23)19-10-8-17(7)9-11-19/h8-16H,1-7H3. The third-order valence-electron chi connectivity index (χ3n) is 4.50. The summed E-state index contributed by atoms with van der Waals surface area (Å²) in [6.45, 7) is 15.4. The zero-order valence-corrected chi connectivity index (χ0v) is 17.7. The van der Waals surface area contributed by atoms with Crippen molar-refractivity contribution in [1.82, 2.24) is 0 Å². The molecule has 0 spiro atoms. The zero-order valence-electron chi connectivity index (χ0n) is 16.0. The number of aryl methyl sites for hydroxylation is 1. The topological polar surface area (TPSA) is 17.1 Å². The van der Waals surface area contributed by atoms with Crippen molar-refractivity contribution in [3.63, 3.8) is 0 Å². The number of hydrogen-bond donors (Lipinski definition) is 0. The molecule has 24 heavy (non-hydrogen) atoms. The third-order valence-corrected chi connectivity index (χ3v) is 7.74. The van der Waals surface area contributed by atoms with E-state index in [1.807, 2.05) is 12.1 Å². The van der Waals surface area contributed by atoms with Crippen molar-refractivity contribution < 1.29 is 3.83 Å². The van der Waals surface area contributed by atoms with Crippen LogP contribution in [0.1, 0.15) is 81.5 Å². The van der Waals surface area contributed by atoms with Gasteiger partial charge in [-0.3, -0.25) is 0 Å². The molecule has 0 aliphatic rings. The van der Waals surface area contributed by atoms with Gasteiger partial charge >= 0.3 is 151 Å². The minimum absolute atomic E-state index is 0.377. The first-order chi connectivity index (χ1) is 11.2. The van der Waals surface area contributed by atoms with Gasteiger partial charge in [-0.05, 0) is 0 Å². The molecule has 1 atom stereocenters. The van der Waals surface area contributed by atoms with Crippen LogP contribution >= 0.6 is 0 Å². The summed E-state index contributed by atoms with van der Waals surface area (Å²) in [4.78, 5) is 0. The molecule has 0 amide bonds. The maximum absolute atomic E-state index is 13.5. The Morgan fingerprint density at radius 3 is 1.58 bits per heavy atom. The van der Waals surface area contributed by atoms with E-state index in [0.717, 1.165) is 8.92 Å². The molecule has 0 radical (unpaired) electrons. The molecule has 2 heteroatoms. The molecular formula is C22H30OSe. The summed E-state index contributed by atoms with van der Waals surface area (Å²) < 4.78 is 15.6. The van der Waals surface area contributed by atoms with Gasteiger partial charge < -0.3 is 0 Å². The average Bonchev–Trinajstić information content (AvgIpc) is 2.53. The van der Waals surface area contributed by atoms with Crippen molar-refractivity contribution in [1.29, 1.82) is 0 Å². The van der Waals surface area contributed by atoms with Gasteiger partial charge in [0.05, 0.1) is 0 Å². The Labute approximate surface area is 151 Å². The van der Waals surface area contributed by atoms with Gasteiger partial charge in [0.25, 0.3) is 0 Å². The van der Waals surface area contributed by atoms with Crippen molar-refractivity contribution in [2.45, 2.75) is 66.2 Å². The van der Waals surface area contributed by atoms with E-state index in [1.165, 1.54) is 22.3 Å². The number of rotatable bonds is 5. The van der Waals surface area contributed by atoms with Gasteiger partial charge in [0.1, 0.15) is 0 Å². The Kier molecular flexibility index (Phi) is 6.17. The summed E-state index contributed by atoms with van der Waals surface area (Å²) in [6.07, 6.45) is 0. The van der Waals surface area contributed by atoms with E-state index in [-0.39, 0.29) is 0 Å². The predicted octanol–water partition coefficient (Wildman–Crippen LogP) is 4.90. The second-order valence-corrected chi connectivity index (χ2v) is 10.5. The Hall–Kier alpha value is -1.24. The molecule has 0 heterocycles. The Balaban J connectivity index is 2.70. The number of hydrogen-bond acceptors (Lipinski definition) is 1. The Morgan fingerprint density at radius 1 is 0.750 bits per heavy atom. The van der Waals surface area contributed by atoms with Crippen molar-refractivity contribution >= 4 is 22.8 Å². The maximum atomic E-state index is 13.5. The van der Waals surface area contributed by atoms with E-state index in [1.54, 1.807) is 0 Å². The van der Waals surface area contributed by atoms with Crippen LogP contribution < -0.4 is 8.92 Å². The van der Waals surface area contributed by atoms with Crippen LogP contribution in [0.4, 0.5) is 0 Å². The van der Waals surface area contributed by atoms with E-state index < -0.39 is 13.8 Å². The first-order valence-electron chi connectivity index (χ1n) is 8.88. The predicted molar refractivity (Wildman–Crippen MR) is 106 cm³/mol. The molecule has 130 valence electrons. The van der Waals surface area contributed by atoms with Gasteiger partial charge in [-0.25, -0.2) is 0 Å². The molecule has 0 aromatic heterocycles. The number of benzene rings is 2. The molecule has 0 saturated carbocycles. The quantitative estimate of drug-likeness (QED) is 0.665. The second-order valence-electron chi connectivity index (χ2n) is 7.57. The fourth-order valence-electron chi connectivity index (χ4n) is 2.88. The van der Waals surface area contributed by atoms with Gasteiger partial charge in [0.15, 0.2) is 0 Å². The van der Waals surface area contributed by atoms with Crippen LogP contribution in [0, 0.1) is 6.92 Å². The van der Waals surface area contributed by atoms with Crippen LogP contribution in [0.25, 0.3) is 0 Å². The summed E-state index contributed by atoms with van der Waals surface area (Å²) in [5, 5.41) is 0. The van der Waals surface area contributed by atoms with Crippen LogP contribution in [0.3, 0.4) is 0 Å². The molecule has 0 aliphatic heterocycles. The van der Waals surface area contributed by atoms with E-state index >= 15 is 0 Å². The first-order valence-corrected chi connectivity index (χ1v) is 11.3. The fourth-order valence-corrected chi connectivity index (χ4v) is 6.32. The Bertz CT molecular complexity index is 695. The summed E-state index contributed by atoms with van der Waals surface area (Å²) in [7, 11) is 0. The summed E-state index contributed by atoms with van der Waals surface area (Å²) in [6, 6.07) is 12.8. The molecule has 0 fully saturated rings. The molecule has 0 saturated heterocycles. The third kappa shape index (κ3) is 4.05. The van der Waals surface area contributed by atoms with Gasteiger partial charge in [-0.2, -0.15) is 0 Å². The fraction of sp³-hybridized carbons (Fsp3) is 0.455. The van der Waals surface area contributed by atoms with Crippen molar-refractivity contribution in [2.75, 3.05) is 0 Å². The summed E-state index contributed by atoms with van der Waals surface area (Å²) in [5.41, 5.74) is 5.10.